The first-order chi connectivity index (χ1) is 30.0. The predicted molar refractivity (Wildman–Crippen MR) is 227 cm³/mol. The lowest BCUT2D eigenvalue weighted by atomic mass is 10.2. The lowest BCUT2D eigenvalue weighted by Gasteiger charge is -2.15. The highest BCUT2D eigenvalue weighted by Gasteiger charge is 2.19. The minimum atomic E-state index is -4.16. The third kappa shape index (κ3) is 12.3. The number of hydrogen-bond acceptors (Lipinski definition) is 13. The molecule has 6 N–H and O–H groups in total. The Morgan fingerprint density at radius 1 is 0.903 bits per heavy atom. The van der Waals surface area contributed by atoms with E-state index in [9.17, 15) is 32.9 Å². The number of amides is 3. The molecule has 21 heteroatoms. The Morgan fingerprint density at radius 2 is 1.74 bits per heavy atom. The SMILES string of the molecule is COc1cc(NS(=O)(=O)c2cccc(NC(=O)C[n+]3cccc(C(=O)NCCCCCCNOCc4cccnc4)c3)c2)ccc1NNC(=O)n1ncc2cc([N+](=O)[O-])ccc21. The highest BCUT2D eigenvalue weighted by molar-refractivity contribution is 7.92. The molecule has 3 aromatic carbocycles. The van der Waals surface area contributed by atoms with Gasteiger partial charge in [0.05, 0.1) is 46.6 Å². The summed E-state index contributed by atoms with van der Waals surface area (Å²) in [5, 5.41) is 21.1. The summed E-state index contributed by atoms with van der Waals surface area (Å²) in [6, 6.07) is 20.4. The zero-order valence-corrected chi connectivity index (χ0v) is 34.3. The second-order valence-electron chi connectivity index (χ2n) is 13.7. The normalized spacial score (nSPS) is 11.1. The third-order valence-electron chi connectivity index (χ3n) is 9.14. The molecule has 0 aliphatic rings. The number of hydroxylamine groups is 1. The van der Waals surface area contributed by atoms with Gasteiger partial charge in [0.1, 0.15) is 11.3 Å². The van der Waals surface area contributed by atoms with Crippen molar-refractivity contribution in [2.75, 3.05) is 35.7 Å². The van der Waals surface area contributed by atoms with Gasteiger partial charge in [0.25, 0.3) is 27.5 Å². The molecular weight excluding hydrogens is 823 g/mol. The van der Waals surface area contributed by atoms with Crippen molar-refractivity contribution in [2.45, 2.75) is 43.7 Å². The van der Waals surface area contributed by atoms with Crippen LogP contribution in [0.5, 0.6) is 5.75 Å². The minimum Gasteiger partial charge on any atom is -0.494 e. The van der Waals surface area contributed by atoms with Gasteiger partial charge in [-0.3, -0.25) is 39.7 Å². The van der Waals surface area contributed by atoms with Crippen molar-refractivity contribution in [1.82, 2.24) is 31.0 Å². The first-order valence-electron chi connectivity index (χ1n) is 19.3. The number of ether oxygens (including phenoxy) is 1. The smallest absolute Gasteiger partial charge is 0.361 e. The van der Waals surface area contributed by atoms with Gasteiger partial charge in [-0.2, -0.15) is 14.3 Å². The molecule has 3 aromatic heterocycles. The number of carbonyl (C=O) groups excluding carboxylic acids is 3. The van der Waals surface area contributed by atoms with Gasteiger partial charge in [-0.25, -0.2) is 24.1 Å². The fourth-order valence-corrected chi connectivity index (χ4v) is 7.17. The van der Waals surface area contributed by atoms with E-state index >= 15 is 0 Å². The summed E-state index contributed by atoms with van der Waals surface area (Å²) in [6.07, 6.45) is 11.7. The number of hydrogen-bond donors (Lipinski definition) is 6. The van der Waals surface area contributed by atoms with Crippen molar-refractivity contribution in [2.24, 2.45) is 0 Å². The maximum Gasteiger partial charge on any atom is 0.361 e. The van der Waals surface area contributed by atoms with Crippen LogP contribution >= 0.6 is 0 Å². The number of nitrogens with one attached hydrogen (secondary N) is 6. The standard InChI is InChI=1S/C41H43N11O9S/c1-60-38-23-33(13-15-36(38)47-48-41(55)51-37-16-14-34(52(56)57)21-31(37)25-44-51)49-62(58,59)35-12-6-11-32(22-35)46-39(53)27-50-20-8-10-30(26-50)40(54)43-18-4-2-3-5-19-45-61-28-29-9-7-17-42-24-29/h6-17,20-26,45,47,49H,2-5,18-19,27-28H2,1H3,(H2-,43,46,48,53,54,55)/p+1. The molecule has 6 rings (SSSR count). The summed E-state index contributed by atoms with van der Waals surface area (Å²) >= 11 is 0. The van der Waals surface area contributed by atoms with Gasteiger partial charge in [-0.05, 0) is 66.9 Å². The molecule has 0 radical (unpaired) electrons. The molecule has 6 aromatic rings. The van der Waals surface area contributed by atoms with Crippen LogP contribution in [0.4, 0.5) is 27.5 Å². The number of pyridine rings is 2. The first-order valence-corrected chi connectivity index (χ1v) is 20.8. The highest BCUT2D eigenvalue weighted by atomic mass is 32.2. The Kier molecular flexibility index (Phi) is 15.0. The fraction of sp³-hybridized carbons (Fsp3) is 0.220. The van der Waals surface area contributed by atoms with Gasteiger partial charge in [0, 0.05) is 60.8 Å². The molecular formula is C41H44N11O9S+. The third-order valence-corrected chi connectivity index (χ3v) is 10.5. The Labute approximate surface area is 355 Å². The number of unbranched alkanes of at least 4 members (excludes halogenated alkanes) is 3. The number of carbonyl (C=O) groups is 3. The fourth-order valence-electron chi connectivity index (χ4n) is 6.07. The Balaban J connectivity index is 0.943. The van der Waals surface area contributed by atoms with E-state index in [0.717, 1.165) is 42.5 Å². The Bertz CT molecular complexity index is 2640. The summed E-state index contributed by atoms with van der Waals surface area (Å²) in [5.41, 5.74) is 10.3. The van der Waals surface area contributed by atoms with Crippen LogP contribution in [0.2, 0.25) is 0 Å². The molecule has 322 valence electrons. The molecule has 62 heavy (non-hydrogen) atoms. The van der Waals surface area contributed by atoms with E-state index in [4.69, 9.17) is 9.57 Å². The lowest BCUT2D eigenvalue weighted by molar-refractivity contribution is -0.684. The van der Waals surface area contributed by atoms with Crippen LogP contribution < -0.4 is 41.0 Å². The number of anilines is 3. The van der Waals surface area contributed by atoms with E-state index in [1.165, 1.54) is 67.9 Å². The zero-order chi connectivity index (χ0) is 43.9. The topological polar surface area (TPSA) is 254 Å². The Morgan fingerprint density at radius 3 is 2.53 bits per heavy atom. The van der Waals surface area contributed by atoms with Crippen LogP contribution in [-0.2, 0) is 32.8 Å². The van der Waals surface area contributed by atoms with E-state index in [-0.39, 0.29) is 45.8 Å². The highest BCUT2D eigenvalue weighted by Crippen LogP contribution is 2.29. The quantitative estimate of drug-likeness (QED) is 0.0249. The second kappa shape index (κ2) is 21.2. The molecule has 0 fully saturated rings. The number of fused-ring (bicyclic) bond motifs is 1. The molecule has 0 unspecified atom stereocenters. The largest absolute Gasteiger partial charge is 0.494 e. The number of nitro benzene ring substituents is 1. The number of aromatic nitrogens is 4. The van der Waals surface area contributed by atoms with Crippen molar-refractivity contribution in [3.05, 3.63) is 137 Å². The number of rotatable bonds is 21. The summed E-state index contributed by atoms with van der Waals surface area (Å²) in [5.74, 6) is -0.536. The molecule has 0 aliphatic carbocycles. The van der Waals surface area contributed by atoms with E-state index in [1.54, 1.807) is 47.6 Å². The maximum atomic E-state index is 13.4. The lowest BCUT2D eigenvalue weighted by Crippen LogP contribution is -2.41. The van der Waals surface area contributed by atoms with Crippen LogP contribution in [0.25, 0.3) is 10.9 Å². The van der Waals surface area contributed by atoms with E-state index in [0.29, 0.717) is 29.6 Å². The van der Waals surface area contributed by atoms with Crippen LogP contribution in [0.3, 0.4) is 0 Å². The molecule has 0 aliphatic heterocycles. The average Bonchev–Trinajstić information content (AvgIpc) is 3.70. The van der Waals surface area contributed by atoms with Crippen LogP contribution in [0.1, 0.15) is 41.6 Å². The van der Waals surface area contributed by atoms with Crippen LogP contribution in [0.15, 0.2) is 121 Å². The molecule has 0 saturated carbocycles. The van der Waals surface area contributed by atoms with Gasteiger partial charge >= 0.3 is 6.03 Å². The minimum absolute atomic E-state index is 0.130. The van der Waals surface area contributed by atoms with Gasteiger partial charge in [-0.1, -0.05) is 25.0 Å². The predicted octanol–water partition coefficient (Wildman–Crippen LogP) is 4.67. The molecule has 0 saturated heterocycles. The molecule has 0 bridgehead atoms. The van der Waals surface area contributed by atoms with Crippen molar-refractivity contribution in [1.29, 1.82) is 0 Å². The van der Waals surface area contributed by atoms with Gasteiger partial charge < -0.3 is 15.4 Å². The molecule has 3 heterocycles. The van der Waals surface area contributed by atoms with Crippen molar-refractivity contribution in [3.63, 3.8) is 0 Å². The summed E-state index contributed by atoms with van der Waals surface area (Å²) in [6.45, 7) is 1.53. The maximum absolute atomic E-state index is 13.4. The molecule has 20 nitrogen and oxygen atoms in total. The first kappa shape index (κ1) is 44.1. The van der Waals surface area contributed by atoms with Crippen molar-refractivity contribution >= 4 is 61.5 Å². The number of nitrogens with zero attached hydrogens (tertiary/aromatic N) is 5. The van der Waals surface area contributed by atoms with Crippen molar-refractivity contribution < 1.29 is 41.9 Å². The molecule has 3 amide bonds. The van der Waals surface area contributed by atoms with E-state index in [1.807, 2.05) is 12.1 Å². The zero-order valence-electron chi connectivity index (χ0n) is 33.4. The van der Waals surface area contributed by atoms with Gasteiger partial charge in [0.2, 0.25) is 6.54 Å². The number of hydrazine groups is 1. The molecule has 0 spiro atoms. The van der Waals surface area contributed by atoms with Crippen LogP contribution in [0, 0.1) is 10.1 Å². The number of nitro groups is 1. The monoisotopic (exact) mass is 866 g/mol. The average molecular weight is 867 g/mol. The number of non-ortho nitro benzene ring substituents is 1. The van der Waals surface area contributed by atoms with Crippen molar-refractivity contribution in [3.8, 4) is 5.75 Å². The second-order valence-corrected chi connectivity index (χ2v) is 15.4. The van der Waals surface area contributed by atoms with E-state index < -0.39 is 26.9 Å². The van der Waals surface area contributed by atoms with Gasteiger partial charge in [-0.15, -0.1) is 0 Å². The molecule has 0 atom stereocenters. The van der Waals surface area contributed by atoms with E-state index in [2.05, 4.69) is 41.8 Å². The van der Waals surface area contributed by atoms with Crippen LogP contribution in [-0.4, -0.2) is 66.2 Å². The Hall–Kier alpha value is -7.49. The number of benzene rings is 3. The summed E-state index contributed by atoms with van der Waals surface area (Å²) in [4.78, 5) is 58.6. The number of methoxy groups -OCH3 is 1. The van der Waals surface area contributed by atoms with Gasteiger partial charge in [0.15, 0.2) is 12.4 Å². The summed E-state index contributed by atoms with van der Waals surface area (Å²) < 4.78 is 37.3. The number of sulfonamides is 1. The summed E-state index contributed by atoms with van der Waals surface area (Å²) in [7, 11) is -2.80.